The third-order valence-electron chi connectivity index (χ3n) is 2.61. The summed E-state index contributed by atoms with van der Waals surface area (Å²) in [7, 11) is 1.83. The lowest BCUT2D eigenvalue weighted by Crippen LogP contribution is -2.20. The molecule has 18 heavy (non-hydrogen) atoms. The van der Waals surface area contributed by atoms with Gasteiger partial charge in [0, 0.05) is 19.0 Å². The number of nitrogens with one attached hydrogen (secondary N) is 2. The highest BCUT2D eigenvalue weighted by Gasteiger charge is 2.12. The second-order valence-electron chi connectivity index (χ2n) is 5.58. The van der Waals surface area contributed by atoms with E-state index in [-0.39, 0.29) is 5.41 Å². The van der Waals surface area contributed by atoms with Gasteiger partial charge in [-0.25, -0.2) is 4.98 Å². The first-order valence-electron chi connectivity index (χ1n) is 6.18. The number of aromatic nitrogens is 2. The lowest BCUT2D eigenvalue weighted by Gasteiger charge is -2.20. The summed E-state index contributed by atoms with van der Waals surface area (Å²) in [5.41, 5.74) is 1.17. The SMILES string of the molecule is CNc1nc(NCC(C)(C)C)c2ccccc2n1. The van der Waals surface area contributed by atoms with Crippen LogP contribution in [0.2, 0.25) is 0 Å². The fourth-order valence-electron chi connectivity index (χ4n) is 1.67. The third kappa shape index (κ3) is 2.88. The molecule has 2 aromatic rings. The molecule has 0 saturated carbocycles. The maximum Gasteiger partial charge on any atom is 0.224 e. The fourth-order valence-corrected chi connectivity index (χ4v) is 1.67. The lowest BCUT2D eigenvalue weighted by molar-refractivity contribution is 0.442. The van der Waals surface area contributed by atoms with Crippen LogP contribution in [0.4, 0.5) is 11.8 Å². The molecular weight excluding hydrogens is 224 g/mol. The van der Waals surface area contributed by atoms with E-state index in [9.17, 15) is 0 Å². The summed E-state index contributed by atoms with van der Waals surface area (Å²) in [4.78, 5) is 8.93. The maximum atomic E-state index is 4.49. The van der Waals surface area contributed by atoms with Crippen LogP contribution in [-0.4, -0.2) is 23.6 Å². The van der Waals surface area contributed by atoms with Crippen molar-refractivity contribution in [2.24, 2.45) is 5.41 Å². The molecule has 0 fully saturated rings. The Hall–Kier alpha value is -1.84. The van der Waals surface area contributed by atoms with Crippen LogP contribution in [-0.2, 0) is 0 Å². The molecule has 0 amide bonds. The molecule has 96 valence electrons. The van der Waals surface area contributed by atoms with Crippen molar-refractivity contribution < 1.29 is 0 Å². The highest BCUT2D eigenvalue weighted by Crippen LogP contribution is 2.23. The van der Waals surface area contributed by atoms with E-state index in [0.717, 1.165) is 23.3 Å². The van der Waals surface area contributed by atoms with Gasteiger partial charge in [0.2, 0.25) is 5.95 Å². The van der Waals surface area contributed by atoms with Gasteiger partial charge in [0.25, 0.3) is 0 Å². The first-order chi connectivity index (χ1) is 8.49. The number of anilines is 2. The molecule has 1 aromatic carbocycles. The molecule has 2 rings (SSSR count). The minimum absolute atomic E-state index is 0.214. The number of fused-ring (bicyclic) bond motifs is 1. The van der Waals surface area contributed by atoms with Gasteiger partial charge in [0.1, 0.15) is 5.82 Å². The van der Waals surface area contributed by atoms with Gasteiger partial charge in [-0.15, -0.1) is 0 Å². The maximum absolute atomic E-state index is 4.49. The minimum atomic E-state index is 0.214. The van der Waals surface area contributed by atoms with E-state index in [1.807, 2.05) is 31.3 Å². The average molecular weight is 244 g/mol. The van der Waals surface area contributed by atoms with Crippen molar-refractivity contribution in [2.45, 2.75) is 20.8 Å². The second-order valence-corrected chi connectivity index (χ2v) is 5.58. The summed E-state index contributed by atoms with van der Waals surface area (Å²) < 4.78 is 0. The Balaban J connectivity index is 2.41. The quantitative estimate of drug-likeness (QED) is 0.871. The van der Waals surface area contributed by atoms with Gasteiger partial charge >= 0.3 is 0 Å². The van der Waals surface area contributed by atoms with E-state index in [1.54, 1.807) is 0 Å². The highest BCUT2D eigenvalue weighted by molar-refractivity contribution is 5.89. The molecule has 0 aliphatic carbocycles. The van der Waals surface area contributed by atoms with Crippen molar-refractivity contribution in [1.29, 1.82) is 0 Å². The standard InChI is InChI=1S/C14H20N4/c1-14(2,3)9-16-12-10-7-5-6-8-11(10)17-13(15-4)18-12/h5-8H,9H2,1-4H3,(H2,15,16,17,18). The van der Waals surface area contributed by atoms with Crippen LogP contribution in [0.3, 0.4) is 0 Å². The van der Waals surface area contributed by atoms with Gasteiger partial charge in [0.05, 0.1) is 5.52 Å². The third-order valence-corrected chi connectivity index (χ3v) is 2.61. The van der Waals surface area contributed by atoms with E-state index in [0.29, 0.717) is 5.95 Å². The number of benzene rings is 1. The smallest absolute Gasteiger partial charge is 0.224 e. The number of hydrogen-bond donors (Lipinski definition) is 2. The van der Waals surface area contributed by atoms with E-state index in [1.165, 1.54) is 0 Å². The zero-order valence-corrected chi connectivity index (χ0v) is 11.4. The van der Waals surface area contributed by atoms with Crippen molar-refractivity contribution >= 4 is 22.7 Å². The van der Waals surface area contributed by atoms with E-state index in [4.69, 9.17) is 0 Å². The minimum Gasteiger partial charge on any atom is -0.369 e. The Bertz CT molecular complexity index is 543. The zero-order chi connectivity index (χ0) is 13.2. The summed E-state index contributed by atoms with van der Waals surface area (Å²) in [6, 6.07) is 8.04. The van der Waals surface area contributed by atoms with Gasteiger partial charge in [-0.2, -0.15) is 4.98 Å². The summed E-state index contributed by atoms with van der Waals surface area (Å²) >= 11 is 0. The lowest BCUT2D eigenvalue weighted by atomic mass is 9.97. The Morgan fingerprint density at radius 3 is 2.50 bits per heavy atom. The molecule has 4 nitrogen and oxygen atoms in total. The molecule has 0 aliphatic heterocycles. The van der Waals surface area contributed by atoms with Crippen LogP contribution in [0.5, 0.6) is 0 Å². The van der Waals surface area contributed by atoms with Crippen molar-refractivity contribution in [3.8, 4) is 0 Å². The van der Waals surface area contributed by atoms with Crippen LogP contribution >= 0.6 is 0 Å². The summed E-state index contributed by atoms with van der Waals surface area (Å²) in [5, 5.41) is 7.46. The predicted molar refractivity (Wildman–Crippen MR) is 77.0 cm³/mol. The van der Waals surface area contributed by atoms with E-state index >= 15 is 0 Å². The van der Waals surface area contributed by atoms with E-state index in [2.05, 4.69) is 41.4 Å². The van der Waals surface area contributed by atoms with E-state index < -0.39 is 0 Å². The fraction of sp³-hybridized carbons (Fsp3) is 0.429. The molecule has 0 atom stereocenters. The van der Waals surface area contributed by atoms with Crippen LogP contribution < -0.4 is 10.6 Å². The molecule has 0 saturated heterocycles. The summed E-state index contributed by atoms with van der Waals surface area (Å²) in [6.45, 7) is 7.46. The summed E-state index contributed by atoms with van der Waals surface area (Å²) in [5.74, 6) is 1.53. The summed E-state index contributed by atoms with van der Waals surface area (Å²) in [6.07, 6.45) is 0. The number of rotatable bonds is 3. The first kappa shape index (κ1) is 12.6. The molecule has 0 radical (unpaired) electrons. The molecule has 0 unspecified atom stereocenters. The molecule has 0 aliphatic rings. The van der Waals surface area contributed by atoms with Gasteiger partial charge in [-0.05, 0) is 17.5 Å². The first-order valence-corrected chi connectivity index (χ1v) is 6.18. The number of hydrogen-bond acceptors (Lipinski definition) is 4. The molecule has 0 bridgehead atoms. The second kappa shape index (κ2) is 4.80. The average Bonchev–Trinajstić information content (AvgIpc) is 2.34. The number of para-hydroxylation sites is 1. The Morgan fingerprint density at radius 1 is 1.11 bits per heavy atom. The normalized spacial score (nSPS) is 11.6. The van der Waals surface area contributed by atoms with Crippen molar-refractivity contribution in [2.75, 3.05) is 24.2 Å². The monoisotopic (exact) mass is 244 g/mol. The molecule has 4 heteroatoms. The van der Waals surface area contributed by atoms with Crippen molar-refractivity contribution in [3.63, 3.8) is 0 Å². The van der Waals surface area contributed by atoms with Crippen molar-refractivity contribution in [1.82, 2.24) is 9.97 Å². The number of nitrogens with zero attached hydrogens (tertiary/aromatic N) is 2. The molecular formula is C14H20N4. The van der Waals surface area contributed by atoms with Crippen LogP contribution in [0.25, 0.3) is 10.9 Å². The molecule has 1 heterocycles. The van der Waals surface area contributed by atoms with Crippen molar-refractivity contribution in [3.05, 3.63) is 24.3 Å². The highest BCUT2D eigenvalue weighted by atomic mass is 15.1. The molecule has 2 N–H and O–H groups in total. The zero-order valence-electron chi connectivity index (χ0n) is 11.4. The van der Waals surface area contributed by atoms with Gasteiger partial charge in [0.15, 0.2) is 0 Å². The van der Waals surface area contributed by atoms with Gasteiger partial charge in [-0.3, -0.25) is 0 Å². The Morgan fingerprint density at radius 2 is 1.83 bits per heavy atom. The Labute approximate surface area is 108 Å². The van der Waals surface area contributed by atoms with Crippen LogP contribution in [0, 0.1) is 5.41 Å². The van der Waals surface area contributed by atoms with Crippen LogP contribution in [0.1, 0.15) is 20.8 Å². The topological polar surface area (TPSA) is 49.8 Å². The Kier molecular flexibility index (Phi) is 3.36. The van der Waals surface area contributed by atoms with Crippen LogP contribution in [0.15, 0.2) is 24.3 Å². The molecule has 1 aromatic heterocycles. The molecule has 0 spiro atoms. The van der Waals surface area contributed by atoms with Gasteiger partial charge in [-0.1, -0.05) is 32.9 Å². The van der Waals surface area contributed by atoms with Gasteiger partial charge < -0.3 is 10.6 Å². The largest absolute Gasteiger partial charge is 0.369 e. The predicted octanol–water partition coefficient (Wildman–Crippen LogP) is 3.13.